The van der Waals surface area contributed by atoms with E-state index in [0.29, 0.717) is 64.5 Å². The first-order valence-electron chi connectivity index (χ1n) is 19.7. The van der Waals surface area contributed by atoms with Crippen LogP contribution in [0.25, 0.3) is 22.1 Å². The van der Waals surface area contributed by atoms with Gasteiger partial charge in [0.25, 0.3) is 11.8 Å². The zero-order valence-electron chi connectivity index (χ0n) is 35.3. The first kappa shape index (κ1) is 44.3. The van der Waals surface area contributed by atoms with E-state index < -0.39 is 23.6 Å². The number of oxazole rings is 1. The molecule has 0 aliphatic heterocycles. The summed E-state index contributed by atoms with van der Waals surface area (Å²) in [5.41, 5.74) is 26.3. The summed E-state index contributed by atoms with van der Waals surface area (Å²) in [4.78, 5) is 69.9. The molecule has 0 spiro atoms. The van der Waals surface area contributed by atoms with Gasteiger partial charge in [-0.3, -0.25) is 39.5 Å². The molecule has 0 radical (unpaired) electrons. The van der Waals surface area contributed by atoms with Crippen molar-refractivity contribution in [3.63, 3.8) is 0 Å². The normalized spacial score (nSPS) is 12.2. The lowest BCUT2D eigenvalue weighted by Crippen LogP contribution is -2.24. The Morgan fingerprint density at radius 2 is 1.44 bits per heavy atom. The number of fused-ring (bicyclic) bond motifs is 2. The predicted octanol–water partition coefficient (Wildman–Crippen LogP) is 3.64. The Morgan fingerprint density at radius 3 is 2.00 bits per heavy atom. The van der Waals surface area contributed by atoms with Gasteiger partial charge in [-0.2, -0.15) is 5.10 Å². The number of rotatable bonds is 19. The summed E-state index contributed by atoms with van der Waals surface area (Å²) in [6.07, 6.45) is 12.3. The van der Waals surface area contributed by atoms with Crippen LogP contribution in [0.4, 0.5) is 17.6 Å². The van der Waals surface area contributed by atoms with Crippen molar-refractivity contribution < 1.29 is 33.1 Å². The van der Waals surface area contributed by atoms with Gasteiger partial charge in [0.05, 0.1) is 42.3 Å². The summed E-state index contributed by atoms with van der Waals surface area (Å²) in [6, 6.07) is 5.99. The number of amides is 4. The number of nitrogens with zero attached hydrogens (tertiary/aromatic N) is 8. The molecule has 0 atom stereocenters. The maximum atomic E-state index is 13.7. The summed E-state index contributed by atoms with van der Waals surface area (Å²) < 4.78 is 22.6. The Hall–Kier alpha value is -8.23. The molecule has 4 amide bonds. The molecule has 0 fully saturated rings. The molecular weight excluding hydrogens is 813 g/mol. The van der Waals surface area contributed by atoms with Gasteiger partial charge in [-0.1, -0.05) is 25.2 Å². The number of imidazole rings is 2. The van der Waals surface area contributed by atoms with E-state index in [4.69, 9.17) is 41.8 Å². The number of aromatic nitrogens is 7. The van der Waals surface area contributed by atoms with E-state index in [1.807, 2.05) is 13.0 Å². The van der Waals surface area contributed by atoms with E-state index in [9.17, 15) is 19.2 Å². The Bertz CT molecular complexity index is 2830. The van der Waals surface area contributed by atoms with Gasteiger partial charge in [0.15, 0.2) is 5.89 Å². The van der Waals surface area contributed by atoms with Crippen LogP contribution in [0.1, 0.15) is 63.6 Å². The highest BCUT2D eigenvalue weighted by molar-refractivity contribution is 6.47. The first-order valence-corrected chi connectivity index (χ1v) is 19.7. The van der Waals surface area contributed by atoms with Crippen LogP contribution in [0.5, 0.6) is 11.5 Å². The number of primary amides is 2. The molecule has 10 N–H and O–H groups in total. The van der Waals surface area contributed by atoms with Gasteiger partial charge >= 0.3 is 0 Å². The molecule has 0 aliphatic carbocycles. The van der Waals surface area contributed by atoms with Crippen molar-refractivity contribution in [2.45, 2.75) is 53.8 Å². The number of benzene rings is 2. The number of hydrogen-bond acceptors (Lipinski definition) is 14. The van der Waals surface area contributed by atoms with E-state index in [1.54, 1.807) is 65.2 Å². The monoisotopic (exact) mass is 860 g/mol. The van der Waals surface area contributed by atoms with Crippen molar-refractivity contribution in [3.8, 4) is 11.5 Å². The second-order valence-electron chi connectivity index (χ2n) is 14.0. The molecule has 4 aromatic heterocycles. The van der Waals surface area contributed by atoms with Gasteiger partial charge in [0.2, 0.25) is 29.5 Å². The van der Waals surface area contributed by atoms with E-state index in [1.165, 1.54) is 37.5 Å². The lowest BCUT2D eigenvalue weighted by atomic mass is 10.1. The van der Waals surface area contributed by atoms with Crippen LogP contribution in [-0.4, -0.2) is 83.5 Å². The molecule has 6 aromatic rings. The van der Waals surface area contributed by atoms with Crippen LogP contribution in [0.15, 0.2) is 82.1 Å². The maximum absolute atomic E-state index is 13.7. The molecule has 0 saturated heterocycles. The number of nitrogens with two attached hydrogens (primary N) is 4. The molecule has 21 nitrogen and oxygen atoms in total. The van der Waals surface area contributed by atoms with Crippen LogP contribution >= 0.6 is 0 Å². The number of carbonyl (C=O) groups excluding carboxylic acids is 4. The summed E-state index contributed by atoms with van der Waals surface area (Å²) >= 11 is 0. The first-order chi connectivity index (χ1) is 30.2. The Balaban J connectivity index is 1.40. The fourth-order valence-corrected chi connectivity index (χ4v) is 6.56. The number of nitrogen functional groups attached to an aromatic ring is 1. The van der Waals surface area contributed by atoms with Crippen molar-refractivity contribution >= 4 is 69.0 Å². The minimum Gasteiger partial charge on any atom is -0.494 e. The van der Waals surface area contributed by atoms with Crippen molar-refractivity contribution in [2.24, 2.45) is 22.2 Å². The number of aliphatic imine (C=N–C) groups is 1. The van der Waals surface area contributed by atoms with Gasteiger partial charge in [0.1, 0.15) is 34.9 Å². The van der Waals surface area contributed by atoms with Crippen LogP contribution in [0, 0.1) is 6.92 Å². The minimum atomic E-state index is -0.714. The van der Waals surface area contributed by atoms with Crippen molar-refractivity contribution in [1.29, 1.82) is 0 Å². The lowest BCUT2D eigenvalue weighted by molar-refractivity contribution is -0.110. The molecule has 328 valence electrons. The van der Waals surface area contributed by atoms with Crippen LogP contribution in [-0.2, 0) is 30.8 Å². The second-order valence-corrected chi connectivity index (χ2v) is 14.0. The third-order valence-electron chi connectivity index (χ3n) is 9.31. The van der Waals surface area contributed by atoms with Gasteiger partial charge < -0.3 is 46.0 Å². The van der Waals surface area contributed by atoms with Gasteiger partial charge in [-0.05, 0) is 56.7 Å². The molecule has 0 bridgehead atoms. The fraction of sp³-hybridized carbons (Fsp3) is 0.262. The Labute approximate surface area is 360 Å². The summed E-state index contributed by atoms with van der Waals surface area (Å²) in [7, 11) is 1.43. The third-order valence-corrected chi connectivity index (χ3v) is 9.31. The summed E-state index contributed by atoms with van der Waals surface area (Å²) in [5.74, 6) is -1.48. The smallest absolute Gasteiger partial charge is 0.295 e. The molecule has 6 rings (SSSR count). The SMILES string of the molecule is CCN=C(/C=C(/C)N)C(=O)Nc1nc2cc(C(N)=O)cc(OC)c2n1C/C=C/Cn1c(NC(=O)c2oc(C)nc2CC)nc2cc(C(N)=O)cc(OC/C=C/Cn3cc(N)cn3)c21. The minimum absolute atomic E-state index is 0.0294. The number of aryl methyl sites for hydroxylation is 2. The van der Waals surface area contributed by atoms with Gasteiger partial charge in [-0.25, -0.2) is 15.0 Å². The van der Waals surface area contributed by atoms with Gasteiger partial charge in [0, 0.05) is 49.6 Å². The van der Waals surface area contributed by atoms with Crippen LogP contribution in [0.3, 0.4) is 0 Å². The number of methoxy groups -OCH3 is 1. The highest BCUT2D eigenvalue weighted by Gasteiger charge is 2.24. The average Bonchev–Trinajstić information content (AvgIpc) is 4.02. The average molecular weight is 861 g/mol. The van der Waals surface area contributed by atoms with Gasteiger partial charge in [-0.15, -0.1) is 0 Å². The van der Waals surface area contributed by atoms with Crippen molar-refractivity contribution in [3.05, 3.63) is 101 Å². The van der Waals surface area contributed by atoms with Crippen LogP contribution in [0.2, 0.25) is 0 Å². The zero-order valence-corrected chi connectivity index (χ0v) is 35.3. The number of allylic oxidation sites excluding steroid dienone is 4. The quantitative estimate of drug-likeness (QED) is 0.0501. The zero-order chi connectivity index (χ0) is 45.4. The summed E-state index contributed by atoms with van der Waals surface area (Å²) in [6.45, 7) is 7.96. The molecule has 4 heterocycles. The van der Waals surface area contributed by atoms with E-state index in [0.717, 1.165) is 0 Å². The van der Waals surface area contributed by atoms with Crippen LogP contribution < -0.4 is 43.0 Å². The highest BCUT2D eigenvalue weighted by atomic mass is 16.5. The topological polar surface area (TPSA) is 307 Å². The van der Waals surface area contributed by atoms with Crippen molar-refractivity contribution in [2.75, 3.05) is 36.6 Å². The fourth-order valence-electron chi connectivity index (χ4n) is 6.56. The standard InChI is InChI=1S/C42H48N14O7/c1-6-28-36(63-24(4)49-28)40(60)53-42-51-30-18-26(38(46)58)20-33(62-15-11-10-12-54-22-27(44)21-48-54)35(30)56(42)14-9-8-13-55-34-29(17-25(37(45)57)19-32(34)61-5)50-41(55)52-39(59)31(47-7-2)16-23(3)43/h8-11,16-22H,6-7,12-15,43-44H2,1-5H3,(H2,45,57)(H2,46,58)(H,50,52,59)(H,51,53,60)/b9-8+,11-10+,23-16-,47-31?. The number of nitrogens with one attached hydrogen (secondary N) is 2. The molecule has 0 unspecified atom stereocenters. The highest BCUT2D eigenvalue weighted by Crippen LogP contribution is 2.33. The molecule has 2 aromatic carbocycles. The Kier molecular flexibility index (Phi) is 13.7. The van der Waals surface area contributed by atoms with E-state index in [2.05, 4.69) is 30.7 Å². The molecule has 21 heteroatoms. The third kappa shape index (κ3) is 10.2. The molecule has 0 saturated carbocycles. The molecular formula is C42H48N14O7. The number of ether oxygens (including phenoxy) is 2. The van der Waals surface area contributed by atoms with Crippen molar-refractivity contribution in [1.82, 2.24) is 33.9 Å². The second kappa shape index (κ2) is 19.4. The van der Waals surface area contributed by atoms with E-state index in [-0.39, 0.29) is 65.7 Å². The molecule has 63 heavy (non-hydrogen) atoms. The number of anilines is 3. The summed E-state index contributed by atoms with van der Waals surface area (Å²) in [5, 5.41) is 9.83. The number of carbonyl (C=O) groups is 4. The van der Waals surface area contributed by atoms with E-state index >= 15 is 0 Å². The molecule has 0 aliphatic rings. The number of hydrogen-bond donors (Lipinski definition) is 6. The lowest BCUT2D eigenvalue weighted by Gasteiger charge is -2.12. The maximum Gasteiger partial charge on any atom is 0.295 e. The predicted molar refractivity (Wildman–Crippen MR) is 237 cm³/mol. The Morgan fingerprint density at radius 1 is 0.841 bits per heavy atom. The largest absolute Gasteiger partial charge is 0.494 e.